The molecule has 0 saturated heterocycles. The summed E-state index contributed by atoms with van der Waals surface area (Å²) in [6, 6.07) is 44.2. The third-order valence-corrected chi connectivity index (χ3v) is 25.5. The fourth-order valence-electron chi connectivity index (χ4n) is 17.6. The van der Waals surface area contributed by atoms with Gasteiger partial charge in [-0.2, -0.15) is 0 Å². The average molecular weight is 1980 g/mol. The predicted molar refractivity (Wildman–Crippen MR) is 530 cm³/mol. The van der Waals surface area contributed by atoms with Crippen molar-refractivity contribution in [2.45, 2.75) is 83.3 Å². The second-order valence-corrected chi connectivity index (χ2v) is 34.4. The molecule has 0 fully saturated rings. The van der Waals surface area contributed by atoms with Crippen LogP contribution in [0.5, 0.6) is 74.7 Å². The third kappa shape index (κ3) is 18.2. The maximum absolute atomic E-state index is 13.0. The Bertz CT molecular complexity index is 8120. The lowest BCUT2D eigenvalue weighted by atomic mass is 9.79. The van der Waals surface area contributed by atoms with Crippen LogP contribution in [0.1, 0.15) is 297 Å². The molecule has 0 saturated carbocycles. The number of hydrogen-bond donors (Lipinski definition) is 13. The van der Waals surface area contributed by atoms with Gasteiger partial charge in [-0.25, -0.2) is 4.79 Å². The van der Waals surface area contributed by atoms with Crippen LogP contribution in [0.15, 0.2) is 200 Å². The number of aliphatic hydroxyl groups is 1. The highest BCUT2D eigenvalue weighted by Crippen LogP contribution is 2.48. The number of allylic oxidation sites excluding steroid dienone is 5. The number of ether oxygens (including phenoxy) is 2. The lowest BCUT2D eigenvalue weighted by molar-refractivity contribution is -0.111. The summed E-state index contributed by atoms with van der Waals surface area (Å²) in [5.41, 5.74) is 8.09. The fourth-order valence-corrected chi connectivity index (χ4v) is 17.6. The van der Waals surface area contributed by atoms with Gasteiger partial charge >= 0.3 is 5.97 Å². The molecule has 147 heavy (non-hydrogen) atoms. The first-order chi connectivity index (χ1) is 69.1. The van der Waals surface area contributed by atoms with E-state index in [1.807, 2.05) is 0 Å². The molecule has 0 radical (unpaired) electrons. The van der Waals surface area contributed by atoms with Crippen LogP contribution in [0.4, 0.5) is 0 Å². The standard InChI is InChI=1S/C19H16O6.3C15H10O4.C15H10O3.C12H10O5.C12H10O3.C11H8O3.CH4/c1-8-5-6-10-15(16(8)20)18(22)13-9(2)14(19(23)25-4)12(24-3)7-11(13)17(10)21;1-7-6-10(16)11-12(13(7)17)15(19)9-5-3-2-4-8(9)14(11)18;2*1-7-6-10-11(15(19)12(7)16)14(18)9-5-3-2-4-8(9)13(10)17;1-8-6-7-11-12(13(8)16)15(18)10-5-3-2-4-9(10)14(11)17;1-5-7(4-13)11(16)9-6(10(5)15)2-3-8(14)12(9)17;1-6-3-4-8-10(12(6)15)9(13)5-7(2)11(8)14;1-6-2-3-7-8(12)4-5-9(13)10(7)11(6)14;/h5-7,20H,1-4H3;2-6,16-17H,1H3;2*2-6,16,19H,1H3;2-7,16H,1H3;2-3,13,15-16H,4H2,1H3;3-5,15H,1-2H3;2-5,14H,1H3;1H4. The Morgan fingerprint density at radius 2 is 0.578 bits per heavy atom. The molecule has 21 rings (SSSR count). The molecule has 13 aromatic rings. The Labute approximate surface area is 835 Å². The van der Waals surface area contributed by atoms with Crippen molar-refractivity contribution in [2.75, 3.05) is 14.2 Å². The number of carbonyl (C=O) groups is 17. The van der Waals surface area contributed by atoms with Crippen molar-refractivity contribution >= 4 is 105 Å². The maximum Gasteiger partial charge on any atom is 0.341 e. The number of methoxy groups -OCH3 is 2. The Hall–Kier alpha value is -19.4. The number of phenols is 12. The number of Topliss-reactive ketones (excluding diaryl/α,β-unsaturated/α-hetero) is 2. The molecule has 0 heterocycles. The lowest BCUT2D eigenvalue weighted by Gasteiger charge is -2.23. The van der Waals surface area contributed by atoms with Gasteiger partial charge in [0.1, 0.15) is 57.3 Å². The molecule has 13 N–H and O–H groups in total. The number of aryl methyl sites for hydroxylation is 7. The number of ketones is 16. The summed E-state index contributed by atoms with van der Waals surface area (Å²) in [7, 11) is 2.59. The molecular formula is C115H88O32. The van der Waals surface area contributed by atoms with Crippen LogP contribution in [0, 0.1) is 62.3 Å². The number of benzene rings is 13. The number of rotatable bonds is 3. The van der Waals surface area contributed by atoms with Gasteiger partial charge < -0.3 is 75.9 Å². The van der Waals surface area contributed by atoms with Crippen molar-refractivity contribution in [2.24, 2.45) is 0 Å². The minimum Gasteiger partial charge on any atom is -0.507 e. The van der Waals surface area contributed by atoms with E-state index in [0.717, 1.165) is 6.08 Å². The SMILES string of the molecule is C.CC1=CC(=O)c2c(ccc(C)c2O)C1=O.COC(=O)c1c(OC)cc2c(c1C)C(=O)c1c(ccc(C)c1O)C2=O.Cc1c(O)c2c(c(O)c1CO)C(=O)C(=O)C=C2.Cc1cc(O)c2c(c1O)C(=O)c1ccccc1C2=O.Cc1cc2c(c(O)c1O)C(=O)c1ccccc1C2=O.Cc1cc2c(c(O)c1O)C(=O)c1ccccc1C2=O.Cc1ccc2c(c1O)C(=O)C=CC2=O.Cc1ccc2c(c1O)C(=O)c1ccccc1C2=O. The van der Waals surface area contributed by atoms with E-state index < -0.39 is 76.1 Å². The molecule has 0 unspecified atom stereocenters. The molecule has 0 bridgehead atoms. The summed E-state index contributed by atoms with van der Waals surface area (Å²) in [5.74, 6) is -10.5. The van der Waals surface area contributed by atoms with Crippen molar-refractivity contribution in [3.63, 3.8) is 0 Å². The van der Waals surface area contributed by atoms with E-state index in [9.17, 15) is 143 Å². The summed E-state index contributed by atoms with van der Waals surface area (Å²) in [4.78, 5) is 205. The van der Waals surface area contributed by atoms with E-state index in [0.29, 0.717) is 72.3 Å². The van der Waals surface area contributed by atoms with Crippen LogP contribution in [-0.4, -0.2) is 179 Å². The number of fused-ring (bicyclic) bond motifs is 13. The van der Waals surface area contributed by atoms with E-state index in [-0.39, 0.29) is 250 Å². The molecule has 0 aromatic heterocycles. The highest BCUT2D eigenvalue weighted by Gasteiger charge is 2.42. The Morgan fingerprint density at radius 1 is 0.252 bits per heavy atom. The topological polar surface area (TPSA) is 572 Å². The van der Waals surface area contributed by atoms with Crippen molar-refractivity contribution in [1.29, 1.82) is 0 Å². The molecule has 0 atom stereocenters. The quantitative estimate of drug-likeness (QED) is 0.0338. The highest BCUT2D eigenvalue weighted by molar-refractivity contribution is 6.51. The van der Waals surface area contributed by atoms with Gasteiger partial charge in [-0.15, -0.1) is 0 Å². The Balaban J connectivity index is 0.000000141. The van der Waals surface area contributed by atoms with Gasteiger partial charge in [0.2, 0.25) is 11.6 Å². The molecule has 0 amide bonds. The minimum absolute atomic E-state index is 0. The number of aromatic hydroxyl groups is 12. The second-order valence-electron chi connectivity index (χ2n) is 34.4. The van der Waals surface area contributed by atoms with Crippen LogP contribution >= 0.6 is 0 Å². The maximum atomic E-state index is 13.0. The zero-order valence-electron chi connectivity index (χ0n) is 79.3. The van der Waals surface area contributed by atoms with E-state index >= 15 is 0 Å². The zero-order valence-corrected chi connectivity index (χ0v) is 79.3. The third-order valence-electron chi connectivity index (χ3n) is 25.5. The summed E-state index contributed by atoms with van der Waals surface area (Å²) in [6.07, 6.45) is 6.00. The predicted octanol–water partition coefficient (Wildman–Crippen LogP) is 16.6. The first kappa shape index (κ1) is 105. The average Bonchev–Trinajstić information content (AvgIpc) is 0.700. The molecule has 8 aliphatic carbocycles. The van der Waals surface area contributed by atoms with Gasteiger partial charge in [0.25, 0.3) is 0 Å². The van der Waals surface area contributed by atoms with Gasteiger partial charge in [-0.1, -0.05) is 129 Å². The van der Waals surface area contributed by atoms with Gasteiger partial charge in [0.05, 0.1) is 70.9 Å². The minimum atomic E-state index is -0.884. The zero-order chi connectivity index (χ0) is 107. The molecule has 8 aliphatic rings. The number of phenolic OH excluding ortho intramolecular Hbond substituents is 11. The molecule has 0 aliphatic heterocycles. The fraction of sp³-hybridized carbons (Fsp3) is 0.122. The van der Waals surface area contributed by atoms with Crippen molar-refractivity contribution in [1.82, 2.24) is 0 Å². The molecule has 13 aromatic carbocycles. The van der Waals surface area contributed by atoms with Crippen molar-refractivity contribution < 1.29 is 157 Å². The van der Waals surface area contributed by atoms with E-state index in [1.54, 1.807) is 178 Å². The normalized spacial score (nSPS) is 13.3. The van der Waals surface area contributed by atoms with Gasteiger partial charge in [-0.05, 0) is 193 Å². The lowest BCUT2D eigenvalue weighted by Crippen LogP contribution is -2.24. The van der Waals surface area contributed by atoms with Crippen molar-refractivity contribution in [3.05, 3.63) is 406 Å². The smallest absolute Gasteiger partial charge is 0.341 e. The van der Waals surface area contributed by atoms with E-state index in [2.05, 4.69) is 0 Å². The first-order valence-corrected chi connectivity index (χ1v) is 44.2. The Kier molecular flexibility index (Phi) is 29.3. The number of hydrogen-bond acceptors (Lipinski definition) is 32. The number of esters is 1. The second kappa shape index (κ2) is 41.1. The van der Waals surface area contributed by atoms with Gasteiger partial charge in [0.15, 0.2) is 104 Å². The van der Waals surface area contributed by atoms with Gasteiger partial charge in [0, 0.05) is 111 Å². The summed E-state index contributed by atoms with van der Waals surface area (Å²) < 4.78 is 9.98. The van der Waals surface area contributed by atoms with Crippen molar-refractivity contribution in [3.8, 4) is 74.7 Å². The largest absolute Gasteiger partial charge is 0.507 e. The van der Waals surface area contributed by atoms with E-state index in [1.165, 1.54) is 100 Å². The van der Waals surface area contributed by atoms with Crippen LogP contribution < -0.4 is 4.74 Å². The molecule has 0 spiro atoms. The molecule has 32 nitrogen and oxygen atoms in total. The molecular weight excluding hydrogens is 1890 g/mol. The number of aliphatic hydroxyl groups excluding tert-OH is 1. The van der Waals surface area contributed by atoms with Crippen LogP contribution in [-0.2, 0) is 16.1 Å². The Morgan fingerprint density at radius 3 is 0.993 bits per heavy atom. The van der Waals surface area contributed by atoms with Crippen LogP contribution in [0.3, 0.4) is 0 Å². The highest BCUT2D eigenvalue weighted by atomic mass is 16.5. The molecule has 740 valence electrons. The van der Waals surface area contributed by atoms with Crippen LogP contribution in [0.2, 0.25) is 0 Å². The van der Waals surface area contributed by atoms with Gasteiger partial charge in [-0.3, -0.25) is 76.7 Å². The monoisotopic (exact) mass is 1980 g/mol. The summed E-state index contributed by atoms with van der Waals surface area (Å²) in [6.45, 7) is 15.5. The van der Waals surface area contributed by atoms with E-state index in [4.69, 9.17) is 14.6 Å². The molecule has 32 heteroatoms. The van der Waals surface area contributed by atoms with Crippen LogP contribution in [0.25, 0.3) is 6.08 Å². The summed E-state index contributed by atoms with van der Waals surface area (Å²) in [5, 5.41) is 128. The first-order valence-electron chi connectivity index (χ1n) is 44.2. The number of carbonyl (C=O) groups excluding carboxylic acids is 17. The summed E-state index contributed by atoms with van der Waals surface area (Å²) >= 11 is 0.